The van der Waals surface area contributed by atoms with E-state index in [1.807, 2.05) is 0 Å². The van der Waals surface area contributed by atoms with Gasteiger partial charge < -0.3 is 19.7 Å². The Morgan fingerprint density at radius 2 is 0.983 bits per heavy atom. The zero-order valence-corrected chi connectivity index (χ0v) is 38.4. The number of allylic oxidation sites excluding steroid dienone is 8. The Kier molecular flexibility index (Phi) is 43.0. The Labute approximate surface area is 356 Å². The zero-order chi connectivity index (χ0) is 42.5. The van der Waals surface area contributed by atoms with Gasteiger partial charge in [-0.2, -0.15) is 0 Å². The first-order valence-corrected chi connectivity index (χ1v) is 25.1. The third-order valence-corrected chi connectivity index (χ3v) is 10.9. The molecule has 10 heteroatoms. The van der Waals surface area contributed by atoms with Crippen LogP contribution in [-0.2, 0) is 32.7 Å². The smallest absolute Gasteiger partial charge is 0.462 e. The lowest BCUT2D eigenvalue weighted by Gasteiger charge is -2.20. The minimum Gasteiger partial charge on any atom is -0.462 e. The first kappa shape index (κ1) is 56.0. The molecule has 0 aliphatic rings. The Hall–Kier alpha value is -2.03. The lowest BCUT2D eigenvalue weighted by Crippen LogP contribution is -2.29. The van der Waals surface area contributed by atoms with Gasteiger partial charge in [-0.25, -0.2) is 4.57 Å². The Morgan fingerprint density at radius 1 is 0.552 bits per heavy atom. The number of nitrogens with one attached hydrogen (secondary N) is 1. The van der Waals surface area contributed by atoms with Gasteiger partial charge in [0.15, 0.2) is 6.10 Å². The largest absolute Gasteiger partial charge is 0.472 e. The van der Waals surface area contributed by atoms with Gasteiger partial charge in [0.1, 0.15) is 6.61 Å². The molecule has 0 aliphatic heterocycles. The molecular weight excluding hydrogens is 750 g/mol. The molecule has 2 unspecified atom stereocenters. The van der Waals surface area contributed by atoms with Gasteiger partial charge in [-0.3, -0.25) is 18.6 Å². The standard InChI is InChI=1S/C48H88NO8P/c1-4-6-8-10-12-14-16-18-20-21-22-23-24-25-27-28-30-32-34-36-38-40-47(50)54-44-46(45-56-58(52,53)55-43-42-49-3)57-48(51)41-39-37-35-33-31-29-26-19-17-15-13-11-9-7-5-2/h7,9,13,15,19,26,31,33,46,49H,4-6,8,10-12,14,16-18,20-25,27-30,32,34-45H2,1-3H3,(H,52,53)/b9-7-,15-13-,26-19-,33-31-. The van der Waals surface area contributed by atoms with E-state index in [9.17, 15) is 19.0 Å². The fourth-order valence-electron chi connectivity index (χ4n) is 6.43. The summed E-state index contributed by atoms with van der Waals surface area (Å²) >= 11 is 0. The third-order valence-electron chi connectivity index (χ3n) is 9.96. The summed E-state index contributed by atoms with van der Waals surface area (Å²) in [5, 5.41) is 2.82. The van der Waals surface area contributed by atoms with Crippen molar-refractivity contribution in [3.05, 3.63) is 48.6 Å². The maximum absolute atomic E-state index is 12.6. The highest BCUT2D eigenvalue weighted by atomic mass is 31.2. The van der Waals surface area contributed by atoms with Gasteiger partial charge in [0.05, 0.1) is 13.2 Å². The highest BCUT2D eigenvalue weighted by molar-refractivity contribution is 7.47. The molecule has 338 valence electrons. The number of phosphoric acid groups is 1. The van der Waals surface area contributed by atoms with Crippen LogP contribution in [0.3, 0.4) is 0 Å². The van der Waals surface area contributed by atoms with E-state index in [1.165, 1.54) is 116 Å². The monoisotopic (exact) mass is 838 g/mol. The van der Waals surface area contributed by atoms with Gasteiger partial charge in [0.25, 0.3) is 0 Å². The second-order valence-electron chi connectivity index (χ2n) is 15.6. The number of phosphoric ester groups is 1. The first-order chi connectivity index (χ1) is 28.3. The third kappa shape index (κ3) is 43.5. The molecule has 0 aromatic carbocycles. The minimum atomic E-state index is -4.36. The molecule has 0 aliphatic carbocycles. The summed E-state index contributed by atoms with van der Waals surface area (Å²) in [5.41, 5.74) is 0. The highest BCUT2D eigenvalue weighted by Gasteiger charge is 2.26. The number of unbranched alkanes of at least 4 members (excludes halogenated alkanes) is 22. The van der Waals surface area contributed by atoms with Crippen molar-refractivity contribution in [3.8, 4) is 0 Å². The van der Waals surface area contributed by atoms with Crippen LogP contribution in [0.2, 0.25) is 0 Å². The molecule has 0 amide bonds. The maximum atomic E-state index is 12.6. The molecule has 0 radical (unpaired) electrons. The van der Waals surface area contributed by atoms with Gasteiger partial charge in [-0.15, -0.1) is 0 Å². The molecule has 0 spiro atoms. The molecule has 0 heterocycles. The summed E-state index contributed by atoms with van der Waals surface area (Å²) in [5.74, 6) is -0.850. The predicted octanol–water partition coefficient (Wildman–Crippen LogP) is 13.8. The van der Waals surface area contributed by atoms with Crippen molar-refractivity contribution in [2.45, 2.75) is 213 Å². The van der Waals surface area contributed by atoms with E-state index in [2.05, 4.69) is 67.8 Å². The number of likely N-dealkylation sites (N-methyl/N-ethyl adjacent to an activating group) is 1. The molecule has 0 aromatic heterocycles. The predicted molar refractivity (Wildman–Crippen MR) is 243 cm³/mol. The molecular formula is C48H88NO8P. The average molecular weight is 838 g/mol. The van der Waals surface area contributed by atoms with E-state index in [0.29, 0.717) is 13.0 Å². The van der Waals surface area contributed by atoms with Crippen LogP contribution in [0.25, 0.3) is 0 Å². The van der Waals surface area contributed by atoms with Gasteiger partial charge in [0, 0.05) is 19.4 Å². The van der Waals surface area contributed by atoms with Gasteiger partial charge in [-0.1, -0.05) is 191 Å². The molecule has 58 heavy (non-hydrogen) atoms. The fourth-order valence-corrected chi connectivity index (χ4v) is 7.18. The fraction of sp³-hybridized carbons (Fsp3) is 0.792. The summed E-state index contributed by atoms with van der Waals surface area (Å²) in [6.07, 6.45) is 50.3. The van der Waals surface area contributed by atoms with Gasteiger partial charge in [-0.05, 0) is 58.4 Å². The minimum absolute atomic E-state index is 0.0253. The molecule has 0 fully saturated rings. The molecule has 0 saturated carbocycles. The lowest BCUT2D eigenvalue weighted by atomic mass is 10.0. The second-order valence-corrected chi connectivity index (χ2v) is 17.0. The van der Waals surface area contributed by atoms with E-state index < -0.39 is 26.5 Å². The maximum Gasteiger partial charge on any atom is 0.472 e. The lowest BCUT2D eigenvalue weighted by molar-refractivity contribution is -0.161. The summed E-state index contributed by atoms with van der Waals surface area (Å²) < 4.78 is 33.2. The van der Waals surface area contributed by atoms with Crippen LogP contribution in [0, 0.1) is 0 Å². The molecule has 0 aromatic rings. The van der Waals surface area contributed by atoms with Crippen molar-refractivity contribution in [1.29, 1.82) is 0 Å². The number of ether oxygens (including phenoxy) is 2. The molecule has 0 bridgehead atoms. The number of hydrogen-bond donors (Lipinski definition) is 2. The molecule has 0 rings (SSSR count). The molecule has 2 N–H and O–H groups in total. The summed E-state index contributed by atoms with van der Waals surface area (Å²) in [4.78, 5) is 35.1. The number of carbonyl (C=O) groups is 2. The van der Waals surface area contributed by atoms with Crippen molar-refractivity contribution < 1.29 is 37.6 Å². The van der Waals surface area contributed by atoms with Crippen LogP contribution in [-0.4, -0.2) is 56.3 Å². The van der Waals surface area contributed by atoms with E-state index in [-0.39, 0.29) is 32.0 Å². The van der Waals surface area contributed by atoms with Crippen LogP contribution < -0.4 is 5.32 Å². The summed E-state index contributed by atoms with van der Waals surface area (Å²) in [7, 11) is -2.67. The van der Waals surface area contributed by atoms with Crippen molar-refractivity contribution in [1.82, 2.24) is 5.32 Å². The van der Waals surface area contributed by atoms with Crippen LogP contribution in [0.1, 0.15) is 206 Å². The van der Waals surface area contributed by atoms with E-state index in [0.717, 1.165) is 57.8 Å². The average Bonchev–Trinajstić information content (AvgIpc) is 3.21. The Morgan fingerprint density at radius 3 is 1.47 bits per heavy atom. The highest BCUT2D eigenvalue weighted by Crippen LogP contribution is 2.43. The van der Waals surface area contributed by atoms with Crippen LogP contribution in [0.4, 0.5) is 0 Å². The molecule has 0 saturated heterocycles. The van der Waals surface area contributed by atoms with Crippen LogP contribution in [0.5, 0.6) is 0 Å². The quantitative estimate of drug-likeness (QED) is 0.0267. The number of rotatable bonds is 44. The summed E-state index contributed by atoms with van der Waals surface area (Å²) in [6, 6.07) is 0. The Balaban J connectivity index is 4.16. The normalized spacial score (nSPS) is 13.7. The Bertz CT molecular complexity index is 1090. The second kappa shape index (κ2) is 44.5. The van der Waals surface area contributed by atoms with Crippen molar-refractivity contribution >= 4 is 19.8 Å². The molecule has 9 nitrogen and oxygen atoms in total. The zero-order valence-electron chi connectivity index (χ0n) is 37.5. The topological polar surface area (TPSA) is 120 Å². The number of carbonyl (C=O) groups excluding carboxylic acids is 2. The first-order valence-electron chi connectivity index (χ1n) is 23.6. The molecule has 2 atom stereocenters. The van der Waals surface area contributed by atoms with Gasteiger partial charge >= 0.3 is 19.8 Å². The van der Waals surface area contributed by atoms with Crippen LogP contribution in [0.15, 0.2) is 48.6 Å². The van der Waals surface area contributed by atoms with E-state index in [4.69, 9.17) is 18.5 Å². The van der Waals surface area contributed by atoms with Crippen molar-refractivity contribution in [2.24, 2.45) is 0 Å². The van der Waals surface area contributed by atoms with Crippen LogP contribution >= 0.6 is 7.82 Å². The van der Waals surface area contributed by atoms with E-state index >= 15 is 0 Å². The SMILES string of the molecule is CC/C=C\C/C=C\C/C=C\C/C=C\CCCCC(=O)OC(COC(=O)CCCCCCCCCCCCCCCCCCCCCCC)COP(=O)(O)OCCNC. The number of esters is 2. The summed E-state index contributed by atoms with van der Waals surface area (Å²) in [6.45, 7) is 4.08. The number of hydrogen-bond acceptors (Lipinski definition) is 8. The van der Waals surface area contributed by atoms with Crippen molar-refractivity contribution in [3.63, 3.8) is 0 Å². The van der Waals surface area contributed by atoms with Crippen molar-refractivity contribution in [2.75, 3.05) is 33.4 Å². The van der Waals surface area contributed by atoms with E-state index in [1.54, 1.807) is 7.05 Å². The van der Waals surface area contributed by atoms with Gasteiger partial charge in [0.2, 0.25) is 0 Å².